The molecular weight excluding hydrogens is 350 g/mol. The highest BCUT2D eigenvalue weighted by Crippen LogP contribution is 2.19. The second kappa shape index (κ2) is 7.62. The van der Waals surface area contributed by atoms with Crippen LogP contribution >= 0.6 is 11.6 Å². The molecule has 1 aliphatic rings. The lowest BCUT2D eigenvalue weighted by Gasteiger charge is -2.32. The first-order chi connectivity index (χ1) is 12.0. The number of carbonyl (C=O) groups is 2. The molecule has 1 saturated heterocycles. The van der Waals surface area contributed by atoms with Gasteiger partial charge in [0.1, 0.15) is 0 Å². The van der Waals surface area contributed by atoms with Crippen LogP contribution in [0.4, 0.5) is 0 Å². The topological polar surface area (TPSA) is 106 Å². The van der Waals surface area contributed by atoms with Gasteiger partial charge in [-0.2, -0.15) is 4.98 Å². The van der Waals surface area contributed by atoms with Gasteiger partial charge in [0.05, 0.1) is 13.2 Å². The fourth-order valence-corrected chi connectivity index (χ4v) is 2.66. The summed E-state index contributed by atoms with van der Waals surface area (Å²) in [5.41, 5.74) is 0.754. The lowest BCUT2D eigenvalue weighted by Crippen LogP contribution is -2.52. The quantitative estimate of drug-likeness (QED) is 0.858. The maximum atomic E-state index is 12.3. The molecule has 1 fully saturated rings. The van der Waals surface area contributed by atoms with E-state index in [0.29, 0.717) is 23.3 Å². The molecular formula is C16H16ClN3O5. The van der Waals surface area contributed by atoms with Gasteiger partial charge in [-0.1, -0.05) is 16.8 Å². The number of amides is 1. The summed E-state index contributed by atoms with van der Waals surface area (Å²) in [5.74, 6) is -0.620. The lowest BCUT2D eigenvalue weighted by atomic mass is 10.2. The number of hydrogen-bond acceptors (Lipinski definition) is 6. The van der Waals surface area contributed by atoms with Crippen LogP contribution in [-0.2, 0) is 20.7 Å². The summed E-state index contributed by atoms with van der Waals surface area (Å²) in [6, 6.07) is 6.04. The summed E-state index contributed by atoms with van der Waals surface area (Å²) in [6.45, 7) is 0.592. The second-order valence-corrected chi connectivity index (χ2v) is 5.97. The van der Waals surface area contributed by atoms with Gasteiger partial charge in [-0.05, 0) is 24.3 Å². The molecule has 3 rings (SSSR count). The number of halogens is 1. The Labute approximate surface area is 148 Å². The Morgan fingerprint density at radius 2 is 2.08 bits per heavy atom. The fourth-order valence-electron chi connectivity index (χ4n) is 2.54. The first-order valence-electron chi connectivity index (χ1n) is 7.73. The van der Waals surface area contributed by atoms with Crippen molar-refractivity contribution in [3.8, 4) is 11.4 Å². The molecule has 1 aromatic carbocycles. The Hall–Kier alpha value is -2.45. The number of nitrogens with zero attached hydrogens (tertiary/aromatic N) is 3. The van der Waals surface area contributed by atoms with Gasteiger partial charge >= 0.3 is 5.97 Å². The summed E-state index contributed by atoms with van der Waals surface area (Å²) in [4.78, 5) is 29.1. The fraction of sp³-hybridized carbons (Fsp3) is 0.375. The zero-order valence-corrected chi connectivity index (χ0v) is 14.0. The SMILES string of the molecule is O=C(O)C1COCCN1C(=O)CCc1nc(-c2ccc(Cl)cc2)no1. The van der Waals surface area contributed by atoms with Crippen LogP contribution in [0.5, 0.6) is 0 Å². The number of aromatic nitrogens is 2. The van der Waals surface area contributed by atoms with Crippen LogP contribution in [0.3, 0.4) is 0 Å². The molecule has 2 heterocycles. The van der Waals surface area contributed by atoms with Crippen LogP contribution in [0.2, 0.25) is 5.02 Å². The average Bonchev–Trinajstić information content (AvgIpc) is 3.09. The first-order valence-corrected chi connectivity index (χ1v) is 8.11. The van der Waals surface area contributed by atoms with Crippen molar-refractivity contribution in [2.45, 2.75) is 18.9 Å². The Morgan fingerprint density at radius 3 is 2.80 bits per heavy atom. The number of carboxylic acids is 1. The predicted molar refractivity (Wildman–Crippen MR) is 87.0 cm³/mol. The molecule has 1 atom stereocenters. The number of aliphatic carboxylic acids is 1. The van der Waals surface area contributed by atoms with Crippen LogP contribution in [0.25, 0.3) is 11.4 Å². The van der Waals surface area contributed by atoms with E-state index in [0.717, 1.165) is 5.56 Å². The van der Waals surface area contributed by atoms with Crippen LogP contribution in [0.15, 0.2) is 28.8 Å². The van der Waals surface area contributed by atoms with Crippen molar-refractivity contribution in [1.82, 2.24) is 15.0 Å². The molecule has 1 N–H and O–H groups in total. The van der Waals surface area contributed by atoms with Gasteiger partial charge in [-0.3, -0.25) is 4.79 Å². The van der Waals surface area contributed by atoms with Gasteiger partial charge in [-0.15, -0.1) is 0 Å². The first kappa shape index (κ1) is 17.4. The molecule has 9 heteroatoms. The monoisotopic (exact) mass is 365 g/mol. The minimum atomic E-state index is -1.07. The minimum absolute atomic E-state index is 0.00233. The third kappa shape index (κ3) is 4.15. The van der Waals surface area contributed by atoms with Gasteiger partial charge in [-0.25, -0.2) is 4.79 Å². The van der Waals surface area contributed by atoms with Crippen LogP contribution < -0.4 is 0 Å². The van der Waals surface area contributed by atoms with E-state index in [-0.39, 0.29) is 31.9 Å². The Morgan fingerprint density at radius 1 is 1.32 bits per heavy atom. The number of carboxylic acid groups (broad SMARTS) is 1. The highest BCUT2D eigenvalue weighted by Gasteiger charge is 2.32. The van der Waals surface area contributed by atoms with E-state index in [2.05, 4.69) is 10.1 Å². The summed E-state index contributed by atoms with van der Waals surface area (Å²) < 4.78 is 10.3. The Bertz CT molecular complexity index is 761. The van der Waals surface area contributed by atoms with E-state index in [1.807, 2.05) is 0 Å². The normalized spacial score (nSPS) is 17.5. The number of carbonyl (C=O) groups excluding carboxylic acids is 1. The summed E-state index contributed by atoms with van der Waals surface area (Å²) >= 11 is 5.84. The third-order valence-corrected chi connectivity index (χ3v) is 4.11. The standard InChI is InChI=1S/C16H16ClN3O5/c17-11-3-1-10(2-4-11)15-18-13(25-19-15)5-6-14(21)20-7-8-24-9-12(20)16(22)23/h1-4,12H,5-9H2,(H,22,23). The molecule has 1 amide bonds. The Kier molecular flexibility index (Phi) is 5.30. The summed E-state index contributed by atoms with van der Waals surface area (Å²) in [7, 11) is 0. The zero-order chi connectivity index (χ0) is 17.8. The van der Waals surface area contributed by atoms with Crippen LogP contribution in [0.1, 0.15) is 12.3 Å². The van der Waals surface area contributed by atoms with Gasteiger partial charge in [0.2, 0.25) is 17.6 Å². The van der Waals surface area contributed by atoms with Crippen LogP contribution in [-0.4, -0.2) is 57.8 Å². The molecule has 2 aromatic rings. The highest BCUT2D eigenvalue weighted by molar-refractivity contribution is 6.30. The maximum Gasteiger partial charge on any atom is 0.328 e. The van der Waals surface area contributed by atoms with Gasteiger partial charge in [0, 0.05) is 30.0 Å². The van der Waals surface area contributed by atoms with E-state index in [4.69, 9.17) is 26.0 Å². The van der Waals surface area contributed by atoms with Crippen molar-refractivity contribution in [1.29, 1.82) is 0 Å². The molecule has 0 bridgehead atoms. The number of ether oxygens (including phenoxy) is 1. The number of rotatable bonds is 5. The van der Waals surface area contributed by atoms with Crippen LogP contribution in [0, 0.1) is 0 Å². The molecule has 0 radical (unpaired) electrons. The summed E-state index contributed by atoms with van der Waals surface area (Å²) in [5, 5.41) is 13.7. The van der Waals surface area contributed by atoms with Crippen molar-refractivity contribution < 1.29 is 24.0 Å². The van der Waals surface area contributed by atoms with Gasteiger partial charge < -0.3 is 19.3 Å². The largest absolute Gasteiger partial charge is 0.480 e. The van der Waals surface area contributed by atoms with Crippen molar-refractivity contribution in [2.24, 2.45) is 0 Å². The Balaban J connectivity index is 1.61. The molecule has 25 heavy (non-hydrogen) atoms. The molecule has 132 valence electrons. The predicted octanol–water partition coefficient (Wildman–Crippen LogP) is 1.63. The molecule has 0 aliphatic carbocycles. The zero-order valence-electron chi connectivity index (χ0n) is 13.2. The van der Waals surface area contributed by atoms with E-state index in [9.17, 15) is 9.59 Å². The molecule has 1 aliphatic heterocycles. The molecule has 1 aromatic heterocycles. The number of aryl methyl sites for hydroxylation is 1. The maximum absolute atomic E-state index is 12.3. The van der Waals surface area contributed by atoms with Gasteiger partial charge in [0.15, 0.2) is 6.04 Å². The molecule has 1 unspecified atom stereocenters. The van der Waals surface area contributed by atoms with Crippen molar-refractivity contribution in [3.05, 3.63) is 35.2 Å². The molecule has 8 nitrogen and oxygen atoms in total. The molecule has 0 spiro atoms. The van der Waals surface area contributed by atoms with Crippen molar-refractivity contribution in [2.75, 3.05) is 19.8 Å². The average molecular weight is 366 g/mol. The van der Waals surface area contributed by atoms with Gasteiger partial charge in [0.25, 0.3) is 0 Å². The second-order valence-electron chi connectivity index (χ2n) is 5.53. The summed E-state index contributed by atoms with van der Waals surface area (Å²) in [6.07, 6.45) is 0.329. The van der Waals surface area contributed by atoms with E-state index >= 15 is 0 Å². The number of morpholine rings is 1. The smallest absolute Gasteiger partial charge is 0.328 e. The van der Waals surface area contributed by atoms with E-state index in [1.165, 1.54) is 4.90 Å². The lowest BCUT2D eigenvalue weighted by molar-refractivity contribution is -0.158. The minimum Gasteiger partial charge on any atom is -0.480 e. The molecule has 0 saturated carbocycles. The highest BCUT2D eigenvalue weighted by atomic mass is 35.5. The van der Waals surface area contributed by atoms with Crippen molar-refractivity contribution >= 4 is 23.5 Å². The van der Waals surface area contributed by atoms with Crippen molar-refractivity contribution in [3.63, 3.8) is 0 Å². The number of benzene rings is 1. The number of hydrogen-bond donors (Lipinski definition) is 1. The van der Waals surface area contributed by atoms with E-state index < -0.39 is 12.0 Å². The third-order valence-electron chi connectivity index (χ3n) is 3.86. The van der Waals surface area contributed by atoms with E-state index in [1.54, 1.807) is 24.3 Å².